The van der Waals surface area contributed by atoms with Crippen LogP contribution >= 0.6 is 15.9 Å². The predicted octanol–water partition coefficient (Wildman–Crippen LogP) is 2.75. The summed E-state index contributed by atoms with van der Waals surface area (Å²) in [4.78, 5) is 23.8. The highest BCUT2D eigenvalue weighted by atomic mass is 79.9. The molecule has 1 N–H and O–H groups in total. The van der Waals surface area contributed by atoms with Crippen LogP contribution in [0.4, 0.5) is 0 Å². The summed E-state index contributed by atoms with van der Waals surface area (Å²) in [5.41, 5.74) is 1.54. The highest BCUT2D eigenvalue weighted by Crippen LogP contribution is 2.26. The summed E-state index contributed by atoms with van der Waals surface area (Å²) in [6.07, 6.45) is 0.584. The Morgan fingerprint density at radius 2 is 2.06 bits per heavy atom. The third kappa shape index (κ3) is 3.10. The highest BCUT2D eigenvalue weighted by Gasteiger charge is 2.28. The quantitative estimate of drug-likeness (QED) is 0.850. The van der Waals surface area contributed by atoms with Crippen molar-refractivity contribution < 1.29 is 14.7 Å². The van der Waals surface area contributed by atoms with E-state index < -0.39 is 12.0 Å². The van der Waals surface area contributed by atoms with Crippen LogP contribution in [-0.4, -0.2) is 28.4 Å². The van der Waals surface area contributed by atoms with Crippen LogP contribution in [0.3, 0.4) is 0 Å². The Morgan fingerprint density at radius 3 is 2.44 bits per heavy atom. The number of rotatable bonds is 5. The molecule has 0 aliphatic heterocycles. The topological polar surface area (TPSA) is 57.6 Å². The van der Waals surface area contributed by atoms with Crippen molar-refractivity contribution in [1.29, 1.82) is 0 Å². The second kappa shape index (κ2) is 6.00. The van der Waals surface area contributed by atoms with Gasteiger partial charge in [-0.15, -0.1) is 0 Å². The van der Waals surface area contributed by atoms with E-state index in [4.69, 9.17) is 0 Å². The Hall–Kier alpha value is -1.36. The Labute approximate surface area is 115 Å². The van der Waals surface area contributed by atoms with Gasteiger partial charge in [-0.3, -0.25) is 4.79 Å². The van der Waals surface area contributed by atoms with E-state index in [2.05, 4.69) is 15.9 Å². The van der Waals surface area contributed by atoms with E-state index in [1.807, 2.05) is 6.92 Å². The number of amides is 1. The minimum atomic E-state index is -1.03. The molecule has 1 rings (SSSR count). The zero-order chi connectivity index (χ0) is 13.9. The average molecular weight is 314 g/mol. The maximum Gasteiger partial charge on any atom is 0.331 e. The molecular formula is C13H16BrNO3. The lowest BCUT2D eigenvalue weighted by molar-refractivity contribution is -0.147. The van der Waals surface area contributed by atoms with Crippen molar-refractivity contribution in [3.8, 4) is 0 Å². The van der Waals surface area contributed by atoms with Gasteiger partial charge < -0.3 is 10.0 Å². The monoisotopic (exact) mass is 313 g/mol. The molecule has 1 aromatic rings. The van der Waals surface area contributed by atoms with E-state index >= 15 is 0 Å². The first-order chi connectivity index (χ1) is 8.38. The average Bonchev–Trinajstić information content (AvgIpc) is 2.28. The molecule has 1 atom stereocenters. The highest BCUT2D eigenvalue weighted by molar-refractivity contribution is 9.10. The largest absolute Gasteiger partial charge is 0.479 e. The van der Waals surface area contributed by atoms with Gasteiger partial charge in [-0.2, -0.15) is 0 Å². The second-order valence-electron chi connectivity index (χ2n) is 4.40. The molecule has 1 unspecified atom stereocenters. The normalized spacial score (nSPS) is 12.3. The lowest BCUT2D eigenvalue weighted by Crippen LogP contribution is -2.38. The molecule has 0 fully saturated rings. The maximum atomic E-state index is 11.4. The van der Waals surface area contributed by atoms with Crippen molar-refractivity contribution in [2.24, 2.45) is 0 Å². The molecule has 0 spiro atoms. The fraction of sp³-hybridized carbons (Fsp3) is 0.385. The number of carboxylic acids is 1. The number of carboxylic acid groups (broad SMARTS) is 1. The molecule has 0 aliphatic carbocycles. The summed E-state index contributed by atoms with van der Waals surface area (Å²) < 4.78 is 0.914. The maximum absolute atomic E-state index is 11.4. The molecule has 98 valence electrons. The Bertz CT molecular complexity index is 460. The van der Waals surface area contributed by atoms with Gasteiger partial charge in [0, 0.05) is 10.5 Å². The van der Waals surface area contributed by atoms with E-state index in [1.54, 1.807) is 32.0 Å². The van der Waals surface area contributed by atoms with Gasteiger partial charge in [-0.25, -0.2) is 4.79 Å². The molecular weight excluding hydrogens is 298 g/mol. The minimum Gasteiger partial charge on any atom is -0.479 e. The van der Waals surface area contributed by atoms with Crippen LogP contribution in [0.1, 0.15) is 31.0 Å². The third-order valence-corrected chi connectivity index (χ3v) is 3.64. The van der Waals surface area contributed by atoms with Crippen LogP contribution in [0.5, 0.6) is 0 Å². The first-order valence-corrected chi connectivity index (χ1v) is 6.39. The third-order valence-electron chi connectivity index (χ3n) is 2.75. The molecule has 0 aromatic heterocycles. The van der Waals surface area contributed by atoms with Crippen LogP contribution in [0.2, 0.25) is 0 Å². The number of aryl methyl sites for hydroxylation is 1. The minimum absolute atomic E-state index is 0.174. The van der Waals surface area contributed by atoms with Crippen LogP contribution in [-0.2, 0) is 9.59 Å². The Kier molecular flexibility index (Phi) is 4.90. The molecule has 0 radical (unpaired) electrons. The van der Waals surface area contributed by atoms with Crippen molar-refractivity contribution in [2.75, 3.05) is 0 Å². The van der Waals surface area contributed by atoms with Gasteiger partial charge in [-0.1, -0.05) is 28.1 Å². The molecule has 18 heavy (non-hydrogen) atoms. The number of aliphatic carboxylic acids is 1. The first kappa shape index (κ1) is 14.7. The first-order valence-electron chi connectivity index (χ1n) is 5.60. The molecule has 0 aliphatic rings. The number of carbonyl (C=O) groups is 2. The Morgan fingerprint density at radius 1 is 1.44 bits per heavy atom. The molecule has 5 heteroatoms. The smallest absolute Gasteiger partial charge is 0.331 e. The zero-order valence-corrected chi connectivity index (χ0v) is 12.1. The lowest BCUT2D eigenvalue weighted by atomic mass is 10.0. The fourth-order valence-electron chi connectivity index (χ4n) is 1.76. The van der Waals surface area contributed by atoms with Gasteiger partial charge in [0.1, 0.15) is 0 Å². The standard InChI is InChI=1S/C13H16BrNO3/c1-8(2)15(7-16)12(13(17)18)10-4-5-11(14)9(3)6-10/h4-8,12H,1-3H3,(H,17,18). The molecule has 0 bridgehead atoms. The van der Waals surface area contributed by atoms with Gasteiger partial charge in [0.2, 0.25) is 6.41 Å². The molecule has 0 saturated carbocycles. The summed E-state index contributed by atoms with van der Waals surface area (Å²) in [5, 5.41) is 9.33. The van der Waals surface area contributed by atoms with Crippen molar-refractivity contribution in [1.82, 2.24) is 4.90 Å². The van der Waals surface area contributed by atoms with Crippen LogP contribution in [0, 0.1) is 6.92 Å². The molecule has 4 nitrogen and oxygen atoms in total. The van der Waals surface area contributed by atoms with Crippen LogP contribution in [0.25, 0.3) is 0 Å². The molecule has 1 aromatic carbocycles. The van der Waals surface area contributed by atoms with Crippen molar-refractivity contribution in [3.63, 3.8) is 0 Å². The number of carbonyl (C=O) groups excluding carboxylic acids is 1. The summed E-state index contributed by atoms with van der Waals surface area (Å²) in [6.45, 7) is 5.46. The van der Waals surface area contributed by atoms with Crippen molar-refractivity contribution in [2.45, 2.75) is 32.9 Å². The number of halogens is 1. The SMILES string of the molecule is Cc1cc(C(C(=O)O)N(C=O)C(C)C)ccc1Br. The van der Waals surface area contributed by atoms with E-state index in [9.17, 15) is 14.7 Å². The van der Waals surface area contributed by atoms with E-state index in [1.165, 1.54) is 4.90 Å². The van der Waals surface area contributed by atoms with E-state index in [0.29, 0.717) is 12.0 Å². The molecule has 1 amide bonds. The van der Waals surface area contributed by atoms with Crippen molar-refractivity contribution >= 4 is 28.3 Å². The van der Waals surface area contributed by atoms with Crippen LogP contribution in [0.15, 0.2) is 22.7 Å². The van der Waals surface area contributed by atoms with Gasteiger partial charge >= 0.3 is 5.97 Å². The predicted molar refractivity (Wildman–Crippen MR) is 72.3 cm³/mol. The summed E-state index contributed by atoms with van der Waals surface area (Å²) in [7, 11) is 0. The van der Waals surface area contributed by atoms with Gasteiger partial charge in [0.15, 0.2) is 6.04 Å². The summed E-state index contributed by atoms with van der Waals surface area (Å²) >= 11 is 3.37. The zero-order valence-electron chi connectivity index (χ0n) is 10.6. The van der Waals surface area contributed by atoms with Crippen LogP contribution < -0.4 is 0 Å². The number of nitrogens with zero attached hydrogens (tertiary/aromatic N) is 1. The molecule has 0 saturated heterocycles. The summed E-state index contributed by atoms with van der Waals surface area (Å²) in [6, 6.07) is 4.17. The van der Waals surface area contributed by atoms with Gasteiger partial charge in [0.05, 0.1) is 0 Å². The van der Waals surface area contributed by atoms with Gasteiger partial charge in [0.25, 0.3) is 0 Å². The van der Waals surface area contributed by atoms with Gasteiger partial charge in [-0.05, 0) is 38.0 Å². The number of hydrogen-bond acceptors (Lipinski definition) is 2. The lowest BCUT2D eigenvalue weighted by Gasteiger charge is -2.29. The van der Waals surface area contributed by atoms with E-state index in [-0.39, 0.29) is 6.04 Å². The molecule has 0 heterocycles. The van der Waals surface area contributed by atoms with E-state index in [0.717, 1.165) is 10.0 Å². The second-order valence-corrected chi connectivity index (χ2v) is 5.25. The number of hydrogen-bond donors (Lipinski definition) is 1. The fourth-order valence-corrected chi connectivity index (χ4v) is 2.01. The summed E-state index contributed by atoms with van der Waals surface area (Å²) in [5.74, 6) is -1.03. The number of benzene rings is 1. The Balaban J connectivity index is 3.23. The van der Waals surface area contributed by atoms with Crippen molar-refractivity contribution in [3.05, 3.63) is 33.8 Å².